The van der Waals surface area contributed by atoms with Crippen molar-refractivity contribution in [2.45, 2.75) is 65.0 Å². The van der Waals surface area contributed by atoms with Gasteiger partial charge in [0.05, 0.1) is 23.1 Å². The van der Waals surface area contributed by atoms with E-state index in [1.165, 1.54) is 17.7 Å². The molecule has 1 aliphatic heterocycles. The number of hydrogen-bond acceptors (Lipinski definition) is 6. The number of rotatable bonds is 14. The summed E-state index contributed by atoms with van der Waals surface area (Å²) in [5.41, 5.74) is 5.10. The fourth-order valence-electron chi connectivity index (χ4n) is 5.31. The summed E-state index contributed by atoms with van der Waals surface area (Å²) in [7, 11) is 0. The molecular formula is C32H41ClFN7. The number of aryl methyl sites for hydroxylation is 1. The van der Waals surface area contributed by atoms with Gasteiger partial charge in [-0.1, -0.05) is 50.6 Å². The van der Waals surface area contributed by atoms with Crippen LogP contribution in [0.4, 0.5) is 10.3 Å². The van der Waals surface area contributed by atoms with E-state index in [0.717, 1.165) is 54.3 Å². The summed E-state index contributed by atoms with van der Waals surface area (Å²) < 4.78 is 13.8. The first-order valence-corrected chi connectivity index (χ1v) is 14.6. The Balaban J connectivity index is 1.59. The van der Waals surface area contributed by atoms with E-state index in [1.807, 2.05) is 30.5 Å². The Morgan fingerprint density at radius 2 is 1.98 bits per heavy atom. The van der Waals surface area contributed by atoms with E-state index in [0.29, 0.717) is 24.8 Å². The largest absolute Gasteiger partial charge is 0.343 e. The average molecular weight is 578 g/mol. The summed E-state index contributed by atoms with van der Waals surface area (Å²) in [4.78, 5) is 19.4. The van der Waals surface area contributed by atoms with Gasteiger partial charge in [0, 0.05) is 49.4 Å². The van der Waals surface area contributed by atoms with Crippen molar-refractivity contribution in [3.05, 3.63) is 100 Å². The highest BCUT2D eigenvalue weighted by Crippen LogP contribution is 2.37. The fourth-order valence-corrected chi connectivity index (χ4v) is 5.52. The number of benzene rings is 1. The van der Waals surface area contributed by atoms with Gasteiger partial charge in [0.1, 0.15) is 5.82 Å². The Morgan fingerprint density at radius 1 is 1.17 bits per heavy atom. The molecule has 0 spiro atoms. The van der Waals surface area contributed by atoms with Gasteiger partial charge < -0.3 is 10.3 Å². The first kappa shape index (κ1) is 30.6. The maximum atomic E-state index is 13.8. The van der Waals surface area contributed by atoms with Gasteiger partial charge in [0.2, 0.25) is 5.95 Å². The monoisotopic (exact) mass is 577 g/mol. The van der Waals surface area contributed by atoms with E-state index in [1.54, 1.807) is 18.6 Å². The third-order valence-corrected chi connectivity index (χ3v) is 8.03. The molecular weight excluding hydrogens is 537 g/mol. The molecule has 9 heteroatoms. The smallest absolute Gasteiger partial charge is 0.201 e. The van der Waals surface area contributed by atoms with Crippen LogP contribution < -0.4 is 10.6 Å². The average Bonchev–Trinajstić information content (AvgIpc) is 3.36. The second-order valence-electron chi connectivity index (χ2n) is 10.9. The Labute approximate surface area is 248 Å². The van der Waals surface area contributed by atoms with Crippen molar-refractivity contribution >= 4 is 23.8 Å². The molecule has 3 N–H and O–H groups in total. The number of anilines is 1. The number of H-pyrrole nitrogens is 1. The minimum absolute atomic E-state index is 0.228. The number of halogens is 2. The molecule has 1 unspecified atom stereocenters. The summed E-state index contributed by atoms with van der Waals surface area (Å²) >= 11 is 6.24. The topological polar surface area (TPSA) is 81.2 Å². The highest BCUT2D eigenvalue weighted by Gasteiger charge is 2.30. The Hall–Kier alpha value is -3.33. The molecule has 0 fully saturated rings. The second kappa shape index (κ2) is 14.5. The molecule has 0 saturated heterocycles. The molecule has 1 aromatic carbocycles. The molecule has 0 amide bonds. The van der Waals surface area contributed by atoms with Gasteiger partial charge in [0.15, 0.2) is 0 Å². The van der Waals surface area contributed by atoms with Crippen molar-refractivity contribution in [1.29, 1.82) is 0 Å². The van der Waals surface area contributed by atoms with Gasteiger partial charge in [-0.3, -0.25) is 20.2 Å². The van der Waals surface area contributed by atoms with E-state index in [-0.39, 0.29) is 17.3 Å². The zero-order valence-corrected chi connectivity index (χ0v) is 25.2. The minimum Gasteiger partial charge on any atom is -0.343 e. The highest BCUT2D eigenvalue weighted by atomic mass is 35.5. The zero-order valence-electron chi connectivity index (χ0n) is 24.4. The van der Waals surface area contributed by atoms with E-state index in [9.17, 15) is 4.39 Å². The normalized spacial score (nSPS) is 14.5. The van der Waals surface area contributed by atoms with Crippen molar-refractivity contribution in [1.82, 2.24) is 25.2 Å². The molecule has 0 aliphatic carbocycles. The standard InChI is InChI=1S/C32H41ClFN7/c1-5-27(13-15-35-22-40-31-37-16-17-38-31)41(20-29-23(2)18-25(33)19-39-29)21-30-28(8-6-7-14-36-30)32(3,4)24-9-11-26(34)12-10-24/h6-7,9-12,14,16-19,27,35H,5,8,13,15,20-22H2,1-4H3,(H2,37,38,40). The molecule has 0 bridgehead atoms. The minimum atomic E-state index is -0.323. The van der Waals surface area contributed by atoms with Crippen LogP contribution in [-0.2, 0) is 12.0 Å². The summed E-state index contributed by atoms with van der Waals surface area (Å²) in [5, 5.41) is 7.37. The Kier molecular flexibility index (Phi) is 10.9. The molecule has 1 atom stereocenters. The van der Waals surface area contributed by atoms with Gasteiger partial charge in [-0.25, -0.2) is 9.37 Å². The van der Waals surface area contributed by atoms with Crippen LogP contribution in [-0.4, -0.2) is 51.9 Å². The molecule has 3 heterocycles. The fraction of sp³-hybridized carbons (Fsp3) is 0.406. The van der Waals surface area contributed by atoms with Crippen LogP contribution >= 0.6 is 11.6 Å². The maximum absolute atomic E-state index is 13.8. The Bertz CT molecular complexity index is 1350. The van der Waals surface area contributed by atoms with Crippen molar-refractivity contribution in [2.75, 3.05) is 25.1 Å². The molecule has 0 saturated carbocycles. The lowest BCUT2D eigenvalue weighted by atomic mass is 9.75. The molecule has 218 valence electrons. The number of hydrogen-bond donors (Lipinski definition) is 3. The van der Waals surface area contributed by atoms with E-state index >= 15 is 0 Å². The maximum Gasteiger partial charge on any atom is 0.201 e. The van der Waals surface area contributed by atoms with E-state index in [4.69, 9.17) is 21.6 Å². The van der Waals surface area contributed by atoms with Crippen LogP contribution in [0.1, 0.15) is 56.9 Å². The molecule has 4 rings (SSSR count). The van der Waals surface area contributed by atoms with Crippen molar-refractivity contribution in [2.24, 2.45) is 4.99 Å². The number of nitrogens with zero attached hydrogens (tertiary/aromatic N) is 4. The summed E-state index contributed by atoms with van der Waals surface area (Å²) in [6, 6.07) is 9.10. The van der Waals surface area contributed by atoms with Crippen LogP contribution in [0.3, 0.4) is 0 Å². The van der Waals surface area contributed by atoms with Gasteiger partial charge >= 0.3 is 0 Å². The lowest BCUT2D eigenvalue weighted by Crippen LogP contribution is -2.39. The number of nitrogens with one attached hydrogen (secondary N) is 3. The highest BCUT2D eigenvalue weighted by molar-refractivity contribution is 6.30. The third kappa shape index (κ3) is 8.35. The second-order valence-corrected chi connectivity index (χ2v) is 11.4. The lowest BCUT2D eigenvalue weighted by molar-refractivity contribution is 0.183. The molecule has 3 aromatic rings. The third-order valence-electron chi connectivity index (χ3n) is 7.82. The molecule has 7 nitrogen and oxygen atoms in total. The molecule has 41 heavy (non-hydrogen) atoms. The van der Waals surface area contributed by atoms with Crippen molar-refractivity contribution < 1.29 is 4.39 Å². The number of aromatic nitrogens is 3. The summed E-state index contributed by atoms with van der Waals surface area (Å²) in [6.45, 7) is 11.5. The van der Waals surface area contributed by atoms with Crippen molar-refractivity contribution in [3.63, 3.8) is 0 Å². The SMILES string of the molecule is CCC(CCNCNc1ncc[nH]1)N(CC1=C(C(C)(C)c2ccc(F)cc2)CC=CC=N1)Cc1ncc(Cl)cc1C. The predicted molar refractivity (Wildman–Crippen MR) is 167 cm³/mol. The van der Waals surface area contributed by atoms with Crippen LogP contribution in [0.2, 0.25) is 5.02 Å². The quantitative estimate of drug-likeness (QED) is 0.145. The van der Waals surface area contributed by atoms with E-state index < -0.39 is 0 Å². The van der Waals surface area contributed by atoms with Gasteiger partial charge in [-0.15, -0.1) is 0 Å². The molecule has 1 aliphatic rings. The van der Waals surface area contributed by atoms with Crippen LogP contribution in [0.5, 0.6) is 0 Å². The Morgan fingerprint density at radius 3 is 2.68 bits per heavy atom. The number of pyridine rings is 1. The van der Waals surface area contributed by atoms with Crippen LogP contribution in [0.25, 0.3) is 0 Å². The van der Waals surface area contributed by atoms with Gasteiger partial charge in [-0.2, -0.15) is 0 Å². The molecule has 0 radical (unpaired) electrons. The summed E-state index contributed by atoms with van der Waals surface area (Å²) in [6.07, 6.45) is 14.0. The lowest BCUT2D eigenvalue weighted by Gasteiger charge is -2.35. The molecule has 2 aromatic heterocycles. The predicted octanol–water partition coefficient (Wildman–Crippen LogP) is 6.80. The first-order chi connectivity index (χ1) is 19.8. The first-order valence-electron chi connectivity index (χ1n) is 14.2. The van der Waals surface area contributed by atoms with Crippen LogP contribution in [0.15, 0.2) is 77.3 Å². The van der Waals surface area contributed by atoms with Crippen LogP contribution in [0, 0.1) is 12.7 Å². The van der Waals surface area contributed by atoms with Gasteiger partial charge in [0.25, 0.3) is 0 Å². The number of allylic oxidation sites excluding steroid dienone is 3. The van der Waals surface area contributed by atoms with Gasteiger partial charge in [-0.05, 0) is 73.7 Å². The zero-order chi connectivity index (χ0) is 29.2. The number of aliphatic imine (C=N–C) groups is 1. The van der Waals surface area contributed by atoms with Crippen molar-refractivity contribution in [3.8, 4) is 0 Å². The number of aromatic amines is 1. The van der Waals surface area contributed by atoms with E-state index in [2.05, 4.69) is 59.3 Å². The summed E-state index contributed by atoms with van der Waals surface area (Å²) in [5.74, 6) is 0.520. The number of imidazole rings is 1.